The fourth-order valence-electron chi connectivity index (χ4n) is 3.89. The fourth-order valence-corrected chi connectivity index (χ4v) is 5.10. The number of carbonyl (C=O) groups is 2. The lowest BCUT2D eigenvalue weighted by molar-refractivity contribution is -0.139. The summed E-state index contributed by atoms with van der Waals surface area (Å²) >= 11 is 14.1. The Labute approximate surface area is 235 Å². The van der Waals surface area contributed by atoms with Crippen molar-refractivity contribution in [2.45, 2.75) is 37.4 Å². The van der Waals surface area contributed by atoms with E-state index in [4.69, 9.17) is 37.4 Å². The number of methoxy groups -OCH3 is 1. The monoisotopic (exact) mass is 581 g/mol. The number of hydrogen-bond donors (Lipinski definition) is 2. The van der Waals surface area contributed by atoms with Gasteiger partial charge in [0.25, 0.3) is 0 Å². The van der Waals surface area contributed by atoms with E-state index in [0.717, 1.165) is 0 Å². The van der Waals surface area contributed by atoms with Gasteiger partial charge in [-0.25, -0.2) is 19.6 Å². The molecular formula is C26H29Cl2N3O6S. The van der Waals surface area contributed by atoms with Gasteiger partial charge < -0.3 is 24.6 Å². The van der Waals surface area contributed by atoms with Crippen molar-refractivity contribution in [1.82, 2.24) is 15.3 Å². The van der Waals surface area contributed by atoms with Crippen LogP contribution < -0.4 is 5.32 Å². The highest BCUT2D eigenvalue weighted by Gasteiger charge is 2.40. The summed E-state index contributed by atoms with van der Waals surface area (Å²) in [7, 11) is 1.26. The van der Waals surface area contributed by atoms with Crippen molar-refractivity contribution < 1.29 is 28.9 Å². The van der Waals surface area contributed by atoms with E-state index in [-0.39, 0.29) is 46.8 Å². The van der Waals surface area contributed by atoms with Gasteiger partial charge >= 0.3 is 11.9 Å². The predicted octanol–water partition coefficient (Wildman–Crippen LogP) is 4.29. The summed E-state index contributed by atoms with van der Waals surface area (Å²) < 4.78 is 16.2. The van der Waals surface area contributed by atoms with Gasteiger partial charge in [0, 0.05) is 23.8 Å². The zero-order valence-electron chi connectivity index (χ0n) is 21.4. The molecule has 2 N–H and O–H groups in total. The second kappa shape index (κ2) is 13.4. The average molecular weight is 583 g/mol. The first-order valence-electron chi connectivity index (χ1n) is 11.7. The maximum Gasteiger partial charge on any atom is 0.336 e. The Hall–Kier alpha value is -2.63. The van der Waals surface area contributed by atoms with Crippen LogP contribution in [0.4, 0.5) is 0 Å². The van der Waals surface area contributed by atoms with Gasteiger partial charge in [0.2, 0.25) is 0 Å². The lowest BCUT2D eigenvalue weighted by Gasteiger charge is -2.32. The van der Waals surface area contributed by atoms with E-state index in [9.17, 15) is 14.7 Å². The summed E-state index contributed by atoms with van der Waals surface area (Å²) in [4.78, 5) is 34.4. The largest absolute Gasteiger partial charge is 0.466 e. The third-order valence-corrected chi connectivity index (χ3v) is 7.62. The molecule has 2 atom stereocenters. The molecule has 3 rings (SSSR count). The number of nitrogens with zero attached hydrogens (tertiary/aromatic N) is 2. The molecule has 2 unspecified atom stereocenters. The second-order valence-corrected chi connectivity index (χ2v) is 10.4. The van der Waals surface area contributed by atoms with Gasteiger partial charge in [-0.15, -0.1) is 0 Å². The number of benzene rings is 1. The predicted molar refractivity (Wildman–Crippen MR) is 145 cm³/mol. The molecule has 9 nitrogen and oxygen atoms in total. The standard InChI is InChI=1S/C26H29Cl2N3O6S/c1-5-37-24(33)21-18(12-36-13-26(3,34)14-38-25-29-10-7-11-30-25)31-15(2)19(23(32)35-4)20(21)16-8-6-9-17(27)22(16)28/h6-11,20,31,34H,5,12-14H2,1-4H3. The summed E-state index contributed by atoms with van der Waals surface area (Å²) in [6, 6.07) is 6.69. The second-order valence-electron chi connectivity index (χ2n) is 8.65. The highest BCUT2D eigenvalue weighted by molar-refractivity contribution is 7.99. The van der Waals surface area contributed by atoms with Crippen LogP contribution in [0, 0.1) is 0 Å². The molecular weight excluding hydrogens is 553 g/mol. The summed E-state index contributed by atoms with van der Waals surface area (Å²) in [5.74, 6) is -1.95. The van der Waals surface area contributed by atoms with Gasteiger partial charge in [0.15, 0.2) is 5.16 Å². The van der Waals surface area contributed by atoms with Crippen molar-refractivity contribution in [2.24, 2.45) is 0 Å². The van der Waals surface area contributed by atoms with E-state index in [1.807, 2.05) is 0 Å². The van der Waals surface area contributed by atoms with Crippen LogP contribution in [-0.4, -0.2) is 65.3 Å². The number of esters is 2. The van der Waals surface area contributed by atoms with Crippen molar-refractivity contribution in [3.63, 3.8) is 0 Å². The quantitative estimate of drug-likeness (QED) is 0.226. The molecule has 1 aromatic carbocycles. The first kappa shape index (κ1) is 29.9. The van der Waals surface area contributed by atoms with Crippen LogP contribution in [-0.2, 0) is 23.8 Å². The number of halogens is 2. The van der Waals surface area contributed by atoms with Crippen LogP contribution in [0.5, 0.6) is 0 Å². The summed E-state index contributed by atoms with van der Waals surface area (Å²) in [5.41, 5.74) is 0.356. The van der Waals surface area contributed by atoms with E-state index < -0.39 is 23.5 Å². The first-order chi connectivity index (χ1) is 18.1. The smallest absolute Gasteiger partial charge is 0.336 e. The minimum absolute atomic E-state index is 0.0523. The molecule has 0 amide bonds. The van der Waals surface area contributed by atoms with Crippen LogP contribution in [0.15, 0.2) is 64.4 Å². The average Bonchev–Trinajstić information content (AvgIpc) is 2.89. The normalized spacial score (nSPS) is 17.1. The van der Waals surface area contributed by atoms with Crippen LogP contribution in [0.3, 0.4) is 0 Å². The van der Waals surface area contributed by atoms with E-state index in [1.165, 1.54) is 18.9 Å². The number of dihydropyridines is 1. The van der Waals surface area contributed by atoms with Gasteiger partial charge in [-0.2, -0.15) is 0 Å². The Balaban J connectivity index is 1.93. The molecule has 0 radical (unpaired) electrons. The van der Waals surface area contributed by atoms with Gasteiger partial charge in [0.05, 0.1) is 65.3 Å². The topological polar surface area (TPSA) is 120 Å². The lowest BCUT2D eigenvalue weighted by atomic mass is 9.80. The Kier molecular flexibility index (Phi) is 10.6. The summed E-state index contributed by atoms with van der Waals surface area (Å²) in [5, 5.41) is 14.9. The van der Waals surface area contributed by atoms with Crippen LogP contribution in [0.1, 0.15) is 32.3 Å². The molecule has 204 valence electrons. The molecule has 38 heavy (non-hydrogen) atoms. The van der Waals surface area contributed by atoms with Crippen molar-refractivity contribution >= 4 is 46.9 Å². The molecule has 0 saturated heterocycles. The van der Waals surface area contributed by atoms with Crippen molar-refractivity contribution in [3.8, 4) is 0 Å². The Bertz CT molecular complexity index is 1240. The molecule has 2 heterocycles. The van der Waals surface area contributed by atoms with E-state index in [0.29, 0.717) is 22.1 Å². The maximum atomic E-state index is 13.3. The molecule has 0 bridgehead atoms. The van der Waals surface area contributed by atoms with E-state index in [1.54, 1.807) is 57.4 Å². The van der Waals surface area contributed by atoms with Crippen LogP contribution in [0.25, 0.3) is 0 Å². The Morgan fingerprint density at radius 3 is 2.53 bits per heavy atom. The number of aromatic nitrogens is 2. The minimum atomic E-state index is -1.22. The number of carbonyl (C=O) groups excluding carboxylic acids is 2. The fraction of sp³-hybridized carbons (Fsp3) is 0.385. The van der Waals surface area contributed by atoms with Gasteiger partial charge in [-0.05, 0) is 38.5 Å². The highest BCUT2D eigenvalue weighted by atomic mass is 35.5. The molecule has 1 aliphatic heterocycles. The number of allylic oxidation sites excluding steroid dienone is 1. The zero-order valence-corrected chi connectivity index (χ0v) is 23.7. The summed E-state index contributed by atoms with van der Waals surface area (Å²) in [6.45, 7) is 4.97. The molecule has 12 heteroatoms. The first-order valence-corrected chi connectivity index (χ1v) is 13.4. The molecule has 0 fully saturated rings. The third-order valence-electron chi connectivity index (χ3n) is 5.55. The Morgan fingerprint density at radius 2 is 1.87 bits per heavy atom. The van der Waals surface area contributed by atoms with Crippen LogP contribution in [0.2, 0.25) is 10.0 Å². The van der Waals surface area contributed by atoms with E-state index >= 15 is 0 Å². The number of aliphatic hydroxyl groups is 1. The zero-order chi connectivity index (χ0) is 27.9. The Morgan fingerprint density at radius 1 is 1.16 bits per heavy atom. The van der Waals surface area contributed by atoms with E-state index in [2.05, 4.69) is 15.3 Å². The van der Waals surface area contributed by atoms with Crippen molar-refractivity contribution in [1.29, 1.82) is 0 Å². The molecule has 1 aliphatic rings. The molecule has 1 aromatic heterocycles. The van der Waals surface area contributed by atoms with Gasteiger partial charge in [-0.3, -0.25) is 0 Å². The molecule has 0 saturated carbocycles. The summed E-state index contributed by atoms with van der Waals surface area (Å²) in [6.07, 6.45) is 3.25. The maximum absolute atomic E-state index is 13.3. The number of thioether (sulfide) groups is 1. The number of ether oxygens (including phenoxy) is 3. The van der Waals surface area contributed by atoms with Gasteiger partial charge in [-0.1, -0.05) is 47.1 Å². The van der Waals surface area contributed by atoms with Crippen molar-refractivity contribution in [3.05, 3.63) is 74.8 Å². The van der Waals surface area contributed by atoms with Crippen molar-refractivity contribution in [2.75, 3.05) is 32.7 Å². The number of rotatable bonds is 11. The molecule has 0 spiro atoms. The third kappa shape index (κ3) is 7.27. The molecule has 2 aromatic rings. The van der Waals surface area contributed by atoms with Gasteiger partial charge in [0.1, 0.15) is 0 Å². The SMILES string of the molecule is CCOC(=O)C1=C(COCC(C)(O)CSc2ncccn2)NC(C)=C(C(=O)OC)C1c1cccc(Cl)c1Cl. The highest BCUT2D eigenvalue weighted by Crippen LogP contribution is 2.43. The van der Waals surface area contributed by atoms with Crippen LogP contribution >= 0.6 is 35.0 Å². The molecule has 0 aliphatic carbocycles. The number of nitrogens with one attached hydrogen (secondary N) is 1. The lowest BCUT2D eigenvalue weighted by Crippen LogP contribution is -2.37. The number of hydrogen-bond acceptors (Lipinski definition) is 10. The minimum Gasteiger partial charge on any atom is -0.466 e.